The van der Waals surface area contributed by atoms with Crippen LogP contribution in [-0.4, -0.2) is 34.7 Å². The number of hydrogen-bond acceptors (Lipinski definition) is 5. The fourth-order valence-corrected chi connectivity index (χ4v) is 2.69. The molecule has 3 heterocycles. The molecular formula is C18H25N5O2. The van der Waals surface area contributed by atoms with E-state index in [0.717, 1.165) is 17.7 Å². The van der Waals surface area contributed by atoms with E-state index in [9.17, 15) is 4.79 Å². The second-order valence-corrected chi connectivity index (χ2v) is 7.45. The molecule has 2 aromatic heterocycles. The highest BCUT2D eigenvalue weighted by Crippen LogP contribution is 2.32. The molecule has 1 amide bonds. The minimum absolute atomic E-state index is 0.0156. The number of fused-ring (bicyclic) bond motifs is 1. The van der Waals surface area contributed by atoms with Gasteiger partial charge in [-0.1, -0.05) is 20.8 Å². The molecule has 3 N–H and O–H groups in total. The summed E-state index contributed by atoms with van der Waals surface area (Å²) in [6.07, 6.45) is 3.40. The van der Waals surface area contributed by atoms with Gasteiger partial charge in [0.05, 0.1) is 41.4 Å². The van der Waals surface area contributed by atoms with E-state index in [1.165, 1.54) is 6.20 Å². The van der Waals surface area contributed by atoms with E-state index in [0.29, 0.717) is 23.7 Å². The van der Waals surface area contributed by atoms with Crippen molar-refractivity contribution in [2.75, 3.05) is 23.4 Å². The van der Waals surface area contributed by atoms with E-state index in [-0.39, 0.29) is 11.5 Å². The van der Waals surface area contributed by atoms with Crippen molar-refractivity contribution in [1.29, 1.82) is 0 Å². The third-order valence-corrected chi connectivity index (χ3v) is 4.74. The molecule has 7 nitrogen and oxygen atoms in total. The third-order valence-electron chi connectivity index (χ3n) is 4.74. The number of hydrogen-bond donors (Lipinski definition) is 2. The molecule has 0 spiro atoms. The van der Waals surface area contributed by atoms with Crippen LogP contribution >= 0.6 is 0 Å². The molecule has 1 fully saturated rings. The molecule has 1 aliphatic heterocycles. The summed E-state index contributed by atoms with van der Waals surface area (Å²) in [7, 11) is 0. The summed E-state index contributed by atoms with van der Waals surface area (Å²) in [5.41, 5.74) is 8.37. The van der Waals surface area contributed by atoms with Crippen LogP contribution in [0.1, 0.15) is 38.1 Å². The average Bonchev–Trinajstić information content (AvgIpc) is 3.11. The maximum Gasteiger partial charge on any atom is 0.252 e. The van der Waals surface area contributed by atoms with E-state index >= 15 is 0 Å². The standard InChI is InChI=1S/C18H25N5O2/c1-11(18(3,4)5)21-16-14(17(19)24)9-20-23-10-13(8-15(16)23)22-6-7-25-12(22)2/h8-11,21H,2,6-7H2,1,3-5H3,(H2,19,24)/t11-/m1/s1. The first-order valence-corrected chi connectivity index (χ1v) is 8.35. The first-order valence-electron chi connectivity index (χ1n) is 8.35. The Bertz CT molecular complexity index is 834. The zero-order chi connectivity index (χ0) is 18.4. The fourth-order valence-electron chi connectivity index (χ4n) is 2.69. The van der Waals surface area contributed by atoms with E-state index in [2.05, 4.69) is 44.7 Å². The highest BCUT2D eigenvalue weighted by atomic mass is 16.5. The number of anilines is 2. The van der Waals surface area contributed by atoms with Crippen LogP contribution in [0.25, 0.3) is 5.52 Å². The Morgan fingerprint density at radius 2 is 2.20 bits per heavy atom. The van der Waals surface area contributed by atoms with Crippen molar-refractivity contribution >= 4 is 22.8 Å². The number of amides is 1. The predicted molar refractivity (Wildman–Crippen MR) is 98.7 cm³/mol. The largest absolute Gasteiger partial charge is 0.477 e. The first-order chi connectivity index (χ1) is 11.7. The van der Waals surface area contributed by atoms with Crippen LogP contribution in [0, 0.1) is 5.41 Å². The zero-order valence-corrected chi connectivity index (χ0v) is 15.2. The summed E-state index contributed by atoms with van der Waals surface area (Å²) in [6, 6.07) is 2.09. The Labute approximate surface area is 147 Å². The Morgan fingerprint density at radius 1 is 1.48 bits per heavy atom. The second kappa shape index (κ2) is 5.98. The van der Waals surface area contributed by atoms with Crippen molar-refractivity contribution in [2.24, 2.45) is 11.1 Å². The number of carbonyl (C=O) groups excluding carboxylic acids is 1. The van der Waals surface area contributed by atoms with Crippen molar-refractivity contribution in [2.45, 2.75) is 33.7 Å². The molecule has 2 aromatic rings. The van der Waals surface area contributed by atoms with E-state index in [1.807, 2.05) is 17.2 Å². The molecule has 7 heteroatoms. The summed E-state index contributed by atoms with van der Waals surface area (Å²) in [5, 5.41) is 7.78. The van der Waals surface area contributed by atoms with E-state index in [4.69, 9.17) is 10.5 Å². The quantitative estimate of drug-likeness (QED) is 0.891. The average molecular weight is 343 g/mol. The molecule has 25 heavy (non-hydrogen) atoms. The number of rotatable bonds is 4. The predicted octanol–water partition coefficient (Wildman–Crippen LogP) is 2.59. The summed E-state index contributed by atoms with van der Waals surface area (Å²) in [5.74, 6) is 0.110. The topological polar surface area (TPSA) is 84.9 Å². The molecule has 0 bridgehead atoms. The Morgan fingerprint density at radius 3 is 2.76 bits per heavy atom. The number of nitrogens with zero attached hydrogens (tertiary/aromatic N) is 3. The van der Waals surface area contributed by atoms with Gasteiger partial charge in [0.1, 0.15) is 6.61 Å². The maximum absolute atomic E-state index is 11.9. The minimum atomic E-state index is -0.504. The Kier molecular flexibility index (Phi) is 4.10. The normalized spacial score (nSPS) is 16.2. The van der Waals surface area contributed by atoms with Gasteiger partial charge >= 0.3 is 0 Å². The lowest BCUT2D eigenvalue weighted by atomic mass is 9.88. The summed E-state index contributed by atoms with van der Waals surface area (Å²) in [6.45, 7) is 13.8. The first kappa shape index (κ1) is 17.1. The summed E-state index contributed by atoms with van der Waals surface area (Å²) >= 11 is 0. The van der Waals surface area contributed by atoms with Gasteiger partial charge in [0.15, 0.2) is 5.88 Å². The van der Waals surface area contributed by atoms with Crippen molar-refractivity contribution < 1.29 is 9.53 Å². The van der Waals surface area contributed by atoms with Crippen molar-refractivity contribution in [1.82, 2.24) is 9.61 Å². The highest BCUT2D eigenvalue weighted by Gasteiger charge is 2.25. The summed E-state index contributed by atoms with van der Waals surface area (Å²) < 4.78 is 7.17. The van der Waals surface area contributed by atoms with Gasteiger partial charge in [0.25, 0.3) is 5.91 Å². The number of primary amides is 1. The second-order valence-electron chi connectivity index (χ2n) is 7.45. The monoisotopic (exact) mass is 343 g/mol. The number of nitrogens with one attached hydrogen (secondary N) is 1. The fraction of sp³-hybridized carbons (Fsp3) is 0.444. The maximum atomic E-state index is 11.9. The molecule has 0 aliphatic carbocycles. The molecule has 1 saturated heterocycles. The molecule has 3 rings (SSSR count). The lowest BCUT2D eigenvalue weighted by Crippen LogP contribution is -2.32. The van der Waals surface area contributed by atoms with Crippen molar-refractivity contribution in [3.8, 4) is 0 Å². The molecule has 0 aromatic carbocycles. The van der Waals surface area contributed by atoms with Gasteiger partial charge in [0, 0.05) is 6.04 Å². The molecule has 1 atom stereocenters. The van der Waals surface area contributed by atoms with Crippen molar-refractivity contribution in [3.05, 3.63) is 36.5 Å². The summed E-state index contributed by atoms with van der Waals surface area (Å²) in [4.78, 5) is 13.9. The van der Waals surface area contributed by atoms with Crippen LogP contribution in [0.5, 0.6) is 0 Å². The van der Waals surface area contributed by atoms with Gasteiger partial charge < -0.3 is 20.7 Å². The molecular weight excluding hydrogens is 318 g/mol. The molecule has 0 saturated carbocycles. The third kappa shape index (κ3) is 3.14. The van der Waals surface area contributed by atoms with E-state index in [1.54, 1.807) is 4.52 Å². The van der Waals surface area contributed by atoms with Crippen LogP contribution in [0.15, 0.2) is 30.9 Å². The number of aromatic nitrogens is 2. The minimum Gasteiger partial charge on any atom is -0.477 e. The molecule has 0 radical (unpaired) electrons. The van der Waals surface area contributed by atoms with Crippen LogP contribution in [-0.2, 0) is 4.74 Å². The van der Waals surface area contributed by atoms with Crippen LogP contribution in [0.2, 0.25) is 0 Å². The van der Waals surface area contributed by atoms with Gasteiger partial charge in [-0.2, -0.15) is 5.10 Å². The lowest BCUT2D eigenvalue weighted by Gasteiger charge is -2.29. The van der Waals surface area contributed by atoms with Crippen LogP contribution < -0.4 is 16.0 Å². The molecule has 0 unspecified atom stereocenters. The highest BCUT2D eigenvalue weighted by molar-refractivity contribution is 6.02. The molecule has 134 valence electrons. The molecule has 1 aliphatic rings. The van der Waals surface area contributed by atoms with Crippen LogP contribution in [0.4, 0.5) is 11.4 Å². The van der Waals surface area contributed by atoms with Gasteiger partial charge in [-0.15, -0.1) is 0 Å². The SMILES string of the molecule is C=C1OCCN1c1cc2c(N[C@H](C)C(C)(C)C)c(C(N)=O)cnn2c1. The van der Waals surface area contributed by atoms with Crippen molar-refractivity contribution in [3.63, 3.8) is 0 Å². The Hall–Kier alpha value is -2.70. The van der Waals surface area contributed by atoms with Gasteiger partial charge in [-0.05, 0) is 25.0 Å². The zero-order valence-electron chi connectivity index (χ0n) is 15.2. The number of ether oxygens (including phenoxy) is 1. The number of nitrogens with two attached hydrogens (primary N) is 1. The Balaban J connectivity index is 2.10. The number of carbonyl (C=O) groups is 1. The van der Waals surface area contributed by atoms with Gasteiger partial charge in [-0.3, -0.25) is 4.79 Å². The smallest absolute Gasteiger partial charge is 0.252 e. The van der Waals surface area contributed by atoms with Gasteiger partial charge in [0.2, 0.25) is 0 Å². The van der Waals surface area contributed by atoms with Gasteiger partial charge in [-0.25, -0.2) is 4.52 Å². The van der Waals surface area contributed by atoms with E-state index < -0.39 is 5.91 Å². The lowest BCUT2D eigenvalue weighted by molar-refractivity contribution is 0.100. The van der Waals surface area contributed by atoms with Crippen LogP contribution in [0.3, 0.4) is 0 Å².